The maximum absolute atomic E-state index is 4.86. The molecule has 0 saturated heterocycles. The van der Waals surface area contributed by atoms with Gasteiger partial charge in [-0.1, -0.05) is 60.7 Å². The Morgan fingerprint density at radius 3 is 2.74 bits per heavy atom. The van der Waals surface area contributed by atoms with Crippen LogP contribution in [0.15, 0.2) is 98.7 Å². The lowest BCUT2D eigenvalue weighted by Crippen LogP contribution is -2.07. The molecule has 3 heteroatoms. The molecule has 0 bridgehead atoms. The summed E-state index contributed by atoms with van der Waals surface area (Å²) >= 11 is 0. The summed E-state index contributed by atoms with van der Waals surface area (Å²) in [6.07, 6.45) is 11.2. The summed E-state index contributed by atoms with van der Waals surface area (Å²) in [4.78, 5) is 13.3. The van der Waals surface area contributed by atoms with Gasteiger partial charge in [-0.2, -0.15) is 0 Å². The number of hydrogen-bond acceptors (Lipinski definition) is 3. The van der Waals surface area contributed by atoms with Crippen LogP contribution in [0.3, 0.4) is 0 Å². The van der Waals surface area contributed by atoms with Crippen LogP contribution >= 0.6 is 0 Å². The van der Waals surface area contributed by atoms with Crippen LogP contribution in [0.25, 0.3) is 16.3 Å². The van der Waals surface area contributed by atoms with E-state index in [1.54, 1.807) is 0 Å². The SMILES string of the molecule is C=N/C(C)=C1/C=CC(c2cccc3ccccc23)=CC1=NC1=CCCN=C1. The quantitative estimate of drug-likeness (QED) is 0.649. The van der Waals surface area contributed by atoms with E-state index >= 15 is 0 Å². The average molecular weight is 351 g/mol. The molecule has 1 aliphatic heterocycles. The highest BCUT2D eigenvalue weighted by atomic mass is 14.8. The molecule has 27 heavy (non-hydrogen) atoms. The van der Waals surface area contributed by atoms with Gasteiger partial charge in [-0.25, -0.2) is 4.99 Å². The molecule has 0 saturated carbocycles. The van der Waals surface area contributed by atoms with Crippen molar-refractivity contribution < 1.29 is 0 Å². The molecule has 0 fully saturated rings. The minimum Gasteiger partial charge on any atom is -0.291 e. The van der Waals surface area contributed by atoms with Crippen molar-refractivity contribution in [2.75, 3.05) is 6.54 Å². The van der Waals surface area contributed by atoms with Gasteiger partial charge < -0.3 is 0 Å². The van der Waals surface area contributed by atoms with Crippen molar-refractivity contribution in [1.82, 2.24) is 0 Å². The van der Waals surface area contributed by atoms with Crippen molar-refractivity contribution in [3.05, 3.63) is 89.3 Å². The number of dihydropyridines is 1. The van der Waals surface area contributed by atoms with E-state index in [2.05, 4.69) is 83.5 Å². The molecule has 0 aromatic heterocycles. The minimum absolute atomic E-state index is 0.835. The number of allylic oxidation sites excluding steroid dienone is 7. The van der Waals surface area contributed by atoms with E-state index in [0.717, 1.165) is 41.2 Å². The molecule has 1 heterocycles. The highest BCUT2D eigenvalue weighted by molar-refractivity contribution is 6.19. The van der Waals surface area contributed by atoms with Crippen LogP contribution in [0.5, 0.6) is 0 Å². The first-order chi connectivity index (χ1) is 13.3. The van der Waals surface area contributed by atoms with Gasteiger partial charge in [0.05, 0.1) is 11.4 Å². The van der Waals surface area contributed by atoms with Gasteiger partial charge >= 0.3 is 0 Å². The molecule has 0 N–H and O–H groups in total. The van der Waals surface area contributed by atoms with E-state index in [1.807, 2.05) is 13.1 Å². The monoisotopic (exact) mass is 351 g/mol. The maximum atomic E-state index is 4.86. The minimum atomic E-state index is 0.835. The van der Waals surface area contributed by atoms with Gasteiger partial charge in [0.2, 0.25) is 0 Å². The fraction of sp³-hybridized carbons (Fsp3) is 0.125. The molecule has 0 amide bonds. The van der Waals surface area contributed by atoms with E-state index in [1.165, 1.54) is 16.3 Å². The van der Waals surface area contributed by atoms with Gasteiger partial charge in [-0.05, 0) is 48.0 Å². The molecule has 1 aliphatic carbocycles. The molecule has 0 atom stereocenters. The molecular formula is C24H21N3. The van der Waals surface area contributed by atoms with Crippen molar-refractivity contribution >= 4 is 35.0 Å². The Labute approximate surface area is 159 Å². The van der Waals surface area contributed by atoms with Gasteiger partial charge in [-0.15, -0.1) is 0 Å². The van der Waals surface area contributed by atoms with Crippen molar-refractivity contribution in [1.29, 1.82) is 0 Å². The van der Waals surface area contributed by atoms with Crippen LogP contribution < -0.4 is 0 Å². The van der Waals surface area contributed by atoms with Crippen LogP contribution in [0.1, 0.15) is 18.9 Å². The Hall–Kier alpha value is -3.33. The molecular weight excluding hydrogens is 330 g/mol. The number of hydrogen-bond donors (Lipinski definition) is 0. The summed E-state index contributed by atoms with van der Waals surface area (Å²) in [5.74, 6) is 0. The zero-order valence-electron chi connectivity index (χ0n) is 15.4. The van der Waals surface area contributed by atoms with E-state index in [4.69, 9.17) is 4.99 Å². The molecule has 132 valence electrons. The Bertz CT molecular complexity index is 1090. The largest absolute Gasteiger partial charge is 0.291 e. The predicted octanol–water partition coefficient (Wildman–Crippen LogP) is 5.57. The number of nitrogens with zero attached hydrogens (tertiary/aromatic N) is 3. The van der Waals surface area contributed by atoms with Gasteiger partial charge in [0.1, 0.15) is 0 Å². The van der Waals surface area contributed by atoms with Crippen LogP contribution in [-0.4, -0.2) is 25.2 Å². The van der Waals surface area contributed by atoms with Gasteiger partial charge in [0.15, 0.2) is 0 Å². The molecule has 2 aromatic rings. The first kappa shape index (κ1) is 17.1. The average Bonchev–Trinajstić information content (AvgIpc) is 2.73. The summed E-state index contributed by atoms with van der Waals surface area (Å²) in [6, 6.07) is 14.8. The molecule has 3 nitrogen and oxygen atoms in total. The number of rotatable bonds is 3. The van der Waals surface area contributed by atoms with Crippen LogP contribution in [0, 0.1) is 0 Å². The smallest absolute Gasteiger partial charge is 0.0776 e. The number of fused-ring (bicyclic) bond motifs is 1. The molecule has 2 aromatic carbocycles. The van der Waals surface area contributed by atoms with Crippen molar-refractivity contribution in [3.63, 3.8) is 0 Å². The van der Waals surface area contributed by atoms with Crippen molar-refractivity contribution in [2.24, 2.45) is 15.0 Å². The highest BCUT2D eigenvalue weighted by Crippen LogP contribution is 2.30. The molecule has 0 spiro atoms. The lowest BCUT2D eigenvalue weighted by Gasteiger charge is -2.16. The second kappa shape index (κ2) is 7.50. The summed E-state index contributed by atoms with van der Waals surface area (Å²) in [7, 11) is 0. The number of benzene rings is 2. The molecule has 0 unspecified atom stereocenters. The fourth-order valence-electron chi connectivity index (χ4n) is 3.37. The van der Waals surface area contributed by atoms with Gasteiger partial charge in [-0.3, -0.25) is 9.98 Å². The summed E-state index contributed by atoms with van der Waals surface area (Å²) in [5, 5.41) is 2.47. The zero-order valence-corrected chi connectivity index (χ0v) is 15.4. The first-order valence-corrected chi connectivity index (χ1v) is 9.11. The Morgan fingerprint density at radius 2 is 1.93 bits per heavy atom. The van der Waals surface area contributed by atoms with Crippen LogP contribution in [0.4, 0.5) is 0 Å². The standard InChI is InChI=1S/C24H21N3/c1-17(25-2)21-13-12-19(15-24(21)27-20-9-6-14-26-16-20)23-11-5-8-18-7-3-4-10-22(18)23/h3-5,7-13,15-16H,2,6,14H2,1H3/b21-17-,27-24?. The highest BCUT2D eigenvalue weighted by Gasteiger charge is 2.15. The second-order valence-electron chi connectivity index (χ2n) is 6.57. The summed E-state index contributed by atoms with van der Waals surface area (Å²) < 4.78 is 0. The molecule has 4 rings (SSSR count). The van der Waals surface area contributed by atoms with Crippen molar-refractivity contribution in [3.8, 4) is 0 Å². The number of aliphatic imine (C=N–C) groups is 3. The first-order valence-electron chi connectivity index (χ1n) is 9.11. The summed E-state index contributed by atoms with van der Waals surface area (Å²) in [6.45, 7) is 6.47. The van der Waals surface area contributed by atoms with Crippen LogP contribution in [0.2, 0.25) is 0 Å². The third-order valence-corrected chi connectivity index (χ3v) is 4.81. The lowest BCUT2D eigenvalue weighted by molar-refractivity contribution is 0.985. The van der Waals surface area contributed by atoms with Gasteiger partial charge in [0, 0.05) is 24.0 Å². The fourth-order valence-corrected chi connectivity index (χ4v) is 3.37. The molecule has 0 radical (unpaired) electrons. The maximum Gasteiger partial charge on any atom is 0.0776 e. The second-order valence-corrected chi connectivity index (χ2v) is 6.57. The normalized spacial score (nSPS) is 19.8. The van der Waals surface area contributed by atoms with Crippen LogP contribution in [-0.2, 0) is 0 Å². The Balaban J connectivity index is 1.86. The topological polar surface area (TPSA) is 37.1 Å². The molecule has 2 aliphatic rings. The third-order valence-electron chi connectivity index (χ3n) is 4.81. The van der Waals surface area contributed by atoms with E-state index in [9.17, 15) is 0 Å². The summed E-state index contributed by atoms with van der Waals surface area (Å²) in [5.41, 5.74) is 5.99. The van der Waals surface area contributed by atoms with E-state index in [-0.39, 0.29) is 0 Å². The van der Waals surface area contributed by atoms with Crippen molar-refractivity contribution in [2.45, 2.75) is 13.3 Å². The van der Waals surface area contributed by atoms with E-state index in [0.29, 0.717) is 0 Å². The predicted molar refractivity (Wildman–Crippen MR) is 117 cm³/mol. The zero-order chi connectivity index (χ0) is 18.6. The van der Waals surface area contributed by atoms with E-state index < -0.39 is 0 Å². The Kier molecular flexibility index (Phi) is 4.75. The van der Waals surface area contributed by atoms with Gasteiger partial charge in [0.25, 0.3) is 0 Å². The third kappa shape index (κ3) is 3.49. The Morgan fingerprint density at radius 1 is 1.07 bits per heavy atom. The lowest BCUT2D eigenvalue weighted by atomic mass is 9.91.